The molecule has 0 aliphatic carbocycles. The fraction of sp³-hybridized carbons (Fsp3) is 0.200. The number of fused-ring (bicyclic) bond motifs is 3. The first kappa shape index (κ1) is 28.9. The van der Waals surface area contributed by atoms with Crippen molar-refractivity contribution >= 4 is 49.2 Å². The topological polar surface area (TPSA) is 25.8 Å². The third-order valence-electron chi connectivity index (χ3n) is 6.87. The van der Waals surface area contributed by atoms with E-state index in [4.69, 9.17) is 1.37 Å². The largest absolute Gasteiger partial charge is 0 e. The van der Waals surface area contributed by atoms with Gasteiger partial charge in [0.25, 0.3) is 0 Å². The maximum atomic E-state index is 8.28. The predicted molar refractivity (Wildman–Crippen MR) is 172 cm³/mol. The summed E-state index contributed by atoms with van der Waals surface area (Å²) < 4.78 is 12.2. The molecule has 5 heteroatoms. The van der Waals surface area contributed by atoms with E-state index in [1.165, 1.54) is 30.1 Å². The Bertz CT molecular complexity index is 1770. The molecule has 6 rings (SSSR count). The number of nitrogens with zero attached hydrogens (tertiary/aromatic N) is 2. The summed E-state index contributed by atoms with van der Waals surface area (Å²) in [5.74, 6) is 6.50. The summed E-state index contributed by atoms with van der Waals surface area (Å²) in [5, 5.41) is 2.59. The molecule has 1 radical (unpaired) electrons. The van der Waals surface area contributed by atoms with E-state index in [2.05, 4.69) is 82.7 Å². The molecule has 2 nitrogen and oxygen atoms in total. The van der Waals surface area contributed by atoms with Crippen LogP contribution in [-0.4, -0.2) is 23.2 Å². The fourth-order valence-electron chi connectivity index (χ4n) is 4.59. The summed E-state index contributed by atoms with van der Waals surface area (Å²) in [6, 6.07) is 33.4. The van der Waals surface area contributed by atoms with Crippen LogP contribution < -0.4 is 4.40 Å². The Morgan fingerprint density at radius 3 is 2.38 bits per heavy atom. The van der Waals surface area contributed by atoms with Crippen LogP contribution in [0.2, 0.25) is 17.3 Å². The van der Waals surface area contributed by atoms with E-state index >= 15 is 0 Å². The summed E-state index contributed by atoms with van der Waals surface area (Å²) in [6.45, 7) is 5.96. The smallest absolute Gasteiger partial charge is 0 e. The minimum Gasteiger partial charge on any atom is 0 e. The molecule has 0 unspecified atom stereocenters. The van der Waals surface area contributed by atoms with Crippen LogP contribution in [0, 0.1) is 19.1 Å². The first-order valence-corrected chi connectivity index (χ1v) is 21.4. The van der Waals surface area contributed by atoms with Gasteiger partial charge in [-0.05, 0) is 46.3 Å². The molecule has 0 aliphatic rings. The van der Waals surface area contributed by atoms with Gasteiger partial charge < -0.3 is 4.98 Å². The Hall–Kier alpha value is -2.63. The first-order chi connectivity index (χ1) is 19.0. The molecule has 0 atom stereocenters. The third kappa shape index (κ3) is 6.63. The molecule has 6 aromatic rings. The molecule has 0 fully saturated rings. The maximum absolute atomic E-state index is 8.28. The number of rotatable bonds is 4. The standard InChI is InChI=1S/C21H18NS.C14H16GeN.Ir/c1-13(2)15-10-11-22-18(12-15)16-7-5-8-17-20-14(3)6-4-9-19(20)23-21(16)17;1-15(2,3)13-9-10-14(16-11-13)12-7-5-4-6-8-12;/h4-6,8-13H,1-3H3;4-7,9-11H,1-3H3;/q2*-1;/i13D;;. The van der Waals surface area contributed by atoms with Gasteiger partial charge >= 0.3 is 99.8 Å². The molecule has 3 aromatic carbocycles. The van der Waals surface area contributed by atoms with Gasteiger partial charge in [-0.3, -0.25) is 0 Å². The number of aromatic nitrogens is 2. The number of hydrogen-bond donors (Lipinski definition) is 0. The van der Waals surface area contributed by atoms with E-state index in [0.29, 0.717) is 0 Å². The van der Waals surface area contributed by atoms with Crippen LogP contribution in [0.5, 0.6) is 0 Å². The molecule has 0 spiro atoms. The number of pyridine rings is 2. The van der Waals surface area contributed by atoms with Gasteiger partial charge in [0.15, 0.2) is 0 Å². The van der Waals surface area contributed by atoms with Gasteiger partial charge in [0.05, 0.1) is 0 Å². The Morgan fingerprint density at radius 1 is 0.875 bits per heavy atom. The number of thiophene rings is 1. The summed E-state index contributed by atoms with van der Waals surface area (Å²) >= 11 is 0.0766. The number of aryl methyl sites for hydroxylation is 1. The first-order valence-electron chi connectivity index (χ1n) is 13.8. The van der Waals surface area contributed by atoms with Crippen molar-refractivity contribution in [1.29, 1.82) is 0 Å². The van der Waals surface area contributed by atoms with Gasteiger partial charge in [-0.25, -0.2) is 0 Å². The molecule has 0 saturated carbocycles. The minimum absolute atomic E-state index is 0. The van der Waals surface area contributed by atoms with Crippen LogP contribution in [0.1, 0.15) is 32.2 Å². The van der Waals surface area contributed by atoms with E-state index in [0.717, 1.165) is 28.1 Å². The van der Waals surface area contributed by atoms with Gasteiger partial charge in [0.2, 0.25) is 0 Å². The molecule has 0 bridgehead atoms. The Balaban J connectivity index is 0.000000200. The van der Waals surface area contributed by atoms with Crippen molar-refractivity contribution in [2.45, 2.75) is 43.9 Å². The van der Waals surface area contributed by atoms with Gasteiger partial charge in [0, 0.05) is 32.4 Å². The molecule has 0 amide bonds. The summed E-state index contributed by atoms with van der Waals surface area (Å²) in [5.41, 5.74) is 6.26. The van der Waals surface area contributed by atoms with Crippen molar-refractivity contribution in [3.05, 3.63) is 115 Å². The summed E-state index contributed by atoms with van der Waals surface area (Å²) in [6.07, 6.45) is 3.84. The van der Waals surface area contributed by atoms with Crippen molar-refractivity contribution in [2.24, 2.45) is 0 Å². The minimum atomic E-state index is -1.72. The SMILES string of the molecule is [2H]C(C)(C)c1ccnc(-c2[c-]ccc3c2sc2cccc(C)c23)c1.[CH3][Ge]([CH3])([CH3])[c]1ccc(-c2[c-]cccc2)nc1.[Ir]. The second kappa shape index (κ2) is 12.9. The van der Waals surface area contributed by atoms with Crippen LogP contribution in [0.4, 0.5) is 0 Å². The van der Waals surface area contributed by atoms with Crippen molar-refractivity contribution in [2.75, 3.05) is 0 Å². The normalized spacial score (nSPS) is 11.9. The monoisotopic (exact) mass is 782 g/mol. The second-order valence-electron chi connectivity index (χ2n) is 11.0. The van der Waals surface area contributed by atoms with Crippen LogP contribution in [0.15, 0.2) is 91.3 Å². The zero-order chi connectivity index (χ0) is 28.5. The molecule has 3 aromatic heterocycles. The maximum Gasteiger partial charge on any atom is 0 e. The average Bonchev–Trinajstić information content (AvgIpc) is 3.33. The summed E-state index contributed by atoms with van der Waals surface area (Å²) in [7, 11) is 0. The summed E-state index contributed by atoms with van der Waals surface area (Å²) in [4.78, 5) is 9.09. The van der Waals surface area contributed by atoms with E-state index in [-0.39, 0.29) is 20.1 Å². The van der Waals surface area contributed by atoms with E-state index in [1.54, 1.807) is 17.5 Å². The van der Waals surface area contributed by atoms with Crippen molar-refractivity contribution in [1.82, 2.24) is 9.97 Å². The molecular weight excluding hydrogens is 745 g/mol. The second-order valence-corrected chi connectivity index (χ2v) is 22.7. The predicted octanol–water partition coefficient (Wildman–Crippen LogP) is 9.44. The van der Waals surface area contributed by atoms with Gasteiger partial charge in [-0.2, -0.15) is 11.3 Å². The fourth-order valence-corrected chi connectivity index (χ4v) is 8.04. The zero-order valence-corrected chi connectivity index (χ0v) is 29.1. The van der Waals surface area contributed by atoms with Crippen molar-refractivity contribution in [3.8, 4) is 22.5 Å². The molecular formula is C35H34GeIrN2S-2. The average molecular weight is 781 g/mol. The third-order valence-corrected chi connectivity index (χ3v) is 12.3. The van der Waals surface area contributed by atoms with Crippen LogP contribution in [-0.2, 0) is 20.1 Å². The van der Waals surface area contributed by atoms with Gasteiger partial charge in [-0.15, -0.1) is 23.8 Å². The molecule has 0 saturated heterocycles. The zero-order valence-electron chi connectivity index (χ0n) is 24.8. The van der Waals surface area contributed by atoms with Crippen LogP contribution in [0.25, 0.3) is 42.7 Å². The number of hydrogen-bond acceptors (Lipinski definition) is 3. The van der Waals surface area contributed by atoms with Crippen molar-refractivity contribution < 1.29 is 21.5 Å². The molecule has 40 heavy (non-hydrogen) atoms. The van der Waals surface area contributed by atoms with Gasteiger partial charge in [-0.1, -0.05) is 43.0 Å². The van der Waals surface area contributed by atoms with Gasteiger partial charge in [0.1, 0.15) is 0 Å². The van der Waals surface area contributed by atoms with E-state index in [1.807, 2.05) is 62.5 Å². The number of benzene rings is 3. The van der Waals surface area contributed by atoms with Crippen LogP contribution >= 0.6 is 11.3 Å². The van der Waals surface area contributed by atoms with E-state index < -0.39 is 19.2 Å². The molecule has 0 N–H and O–H groups in total. The molecule has 205 valence electrons. The van der Waals surface area contributed by atoms with Crippen LogP contribution in [0.3, 0.4) is 0 Å². The Kier molecular flexibility index (Phi) is 9.32. The van der Waals surface area contributed by atoms with E-state index in [9.17, 15) is 0 Å². The van der Waals surface area contributed by atoms with Crippen molar-refractivity contribution in [3.63, 3.8) is 0 Å². The molecule has 0 aliphatic heterocycles. The Labute approximate surface area is 260 Å². The Morgan fingerprint density at radius 2 is 1.70 bits per heavy atom. The quantitative estimate of drug-likeness (QED) is 0.132. The molecule has 3 heterocycles.